The molecular formula is C23H27ClN6O5. The third-order valence-corrected chi connectivity index (χ3v) is 6.14. The zero-order valence-corrected chi connectivity index (χ0v) is 20.3. The van der Waals surface area contributed by atoms with E-state index in [9.17, 15) is 14.4 Å². The van der Waals surface area contributed by atoms with Gasteiger partial charge in [0.2, 0.25) is 5.91 Å². The summed E-state index contributed by atoms with van der Waals surface area (Å²) in [6, 6.07) is 4.15. The molecule has 12 heteroatoms. The topological polar surface area (TPSA) is 127 Å². The van der Waals surface area contributed by atoms with E-state index in [1.54, 1.807) is 21.9 Å². The fourth-order valence-corrected chi connectivity index (χ4v) is 4.45. The summed E-state index contributed by atoms with van der Waals surface area (Å²) in [5.41, 5.74) is 1.69. The number of pyridine rings is 1. The predicted octanol–water partition coefficient (Wildman–Crippen LogP) is 2.07. The van der Waals surface area contributed by atoms with Gasteiger partial charge in [0.05, 0.1) is 36.7 Å². The number of morpholine rings is 1. The van der Waals surface area contributed by atoms with Crippen LogP contribution in [0.4, 0.5) is 4.79 Å². The number of hydrogen-bond donors (Lipinski definition) is 1. The fourth-order valence-electron chi connectivity index (χ4n) is 4.24. The minimum absolute atomic E-state index is 0.0268. The molecule has 0 radical (unpaired) electrons. The Morgan fingerprint density at radius 3 is 2.83 bits per heavy atom. The molecule has 186 valence electrons. The Hall–Kier alpha value is -3.31. The molecule has 2 aliphatic rings. The molecule has 2 unspecified atom stereocenters. The highest BCUT2D eigenvalue weighted by Gasteiger charge is 2.42. The molecule has 2 aromatic heterocycles. The molecular weight excluding hydrogens is 476 g/mol. The Kier molecular flexibility index (Phi) is 7.76. The van der Waals surface area contributed by atoms with Gasteiger partial charge in [-0.25, -0.2) is 19.7 Å². The average molecular weight is 503 g/mol. The van der Waals surface area contributed by atoms with E-state index in [0.29, 0.717) is 36.7 Å². The number of fused-ring (bicyclic) bond motifs is 1. The Morgan fingerprint density at radius 2 is 2.06 bits per heavy atom. The lowest BCUT2D eigenvalue weighted by Gasteiger charge is -2.48. The van der Waals surface area contributed by atoms with Crippen molar-refractivity contribution < 1.29 is 23.9 Å². The largest absolute Gasteiger partial charge is 0.449 e. The molecule has 0 aliphatic carbocycles. The number of piperazine rings is 1. The van der Waals surface area contributed by atoms with Crippen LogP contribution in [0.15, 0.2) is 24.5 Å². The van der Waals surface area contributed by atoms with E-state index in [1.807, 2.05) is 6.92 Å². The standard InChI is InChI=1S/C23H27ClN6O5/c1-3-4-5-35-23(33)29-9-15-11-34-12-21(31)30(15)19(10-29)14-6-17(28-20(24)7-14)16-8-18(22(32)25-2)27-13-26-16/h6-8,13,15,19H,3-5,9-12H2,1-2H3,(H,25,32). The molecule has 2 fully saturated rings. The zero-order valence-electron chi connectivity index (χ0n) is 19.6. The van der Waals surface area contributed by atoms with Gasteiger partial charge in [0.15, 0.2) is 0 Å². The minimum Gasteiger partial charge on any atom is -0.449 e. The highest BCUT2D eigenvalue weighted by Crippen LogP contribution is 2.34. The monoisotopic (exact) mass is 502 g/mol. The molecule has 11 nitrogen and oxygen atoms in total. The number of carbonyl (C=O) groups is 3. The van der Waals surface area contributed by atoms with E-state index >= 15 is 0 Å². The molecule has 4 heterocycles. The summed E-state index contributed by atoms with van der Waals surface area (Å²) in [5.74, 6) is -0.522. The Balaban J connectivity index is 1.68. The molecule has 2 atom stereocenters. The molecule has 0 aromatic carbocycles. The van der Waals surface area contributed by atoms with Crippen LogP contribution < -0.4 is 5.32 Å². The third kappa shape index (κ3) is 5.51. The second kappa shape index (κ2) is 11.0. The van der Waals surface area contributed by atoms with Gasteiger partial charge < -0.3 is 24.6 Å². The first-order valence-electron chi connectivity index (χ1n) is 11.4. The van der Waals surface area contributed by atoms with E-state index in [-0.39, 0.29) is 41.9 Å². The van der Waals surface area contributed by atoms with E-state index in [0.717, 1.165) is 12.8 Å². The molecule has 4 rings (SSSR count). The van der Waals surface area contributed by atoms with Gasteiger partial charge in [-0.05, 0) is 30.2 Å². The van der Waals surface area contributed by atoms with Crippen molar-refractivity contribution in [2.45, 2.75) is 31.8 Å². The maximum Gasteiger partial charge on any atom is 0.409 e. The lowest BCUT2D eigenvalue weighted by Crippen LogP contribution is -2.62. The van der Waals surface area contributed by atoms with Crippen LogP contribution in [0.3, 0.4) is 0 Å². The number of nitrogens with zero attached hydrogens (tertiary/aromatic N) is 5. The van der Waals surface area contributed by atoms with Crippen molar-refractivity contribution in [1.82, 2.24) is 30.1 Å². The Labute approximate surface area is 207 Å². The summed E-state index contributed by atoms with van der Waals surface area (Å²) in [4.78, 5) is 53.6. The summed E-state index contributed by atoms with van der Waals surface area (Å²) in [6.45, 7) is 3.20. The summed E-state index contributed by atoms with van der Waals surface area (Å²) in [7, 11) is 1.51. The summed E-state index contributed by atoms with van der Waals surface area (Å²) >= 11 is 6.38. The van der Waals surface area contributed by atoms with Crippen LogP contribution >= 0.6 is 11.6 Å². The number of amides is 3. The first-order chi connectivity index (χ1) is 16.9. The highest BCUT2D eigenvalue weighted by molar-refractivity contribution is 6.29. The van der Waals surface area contributed by atoms with Gasteiger partial charge in [0.25, 0.3) is 5.91 Å². The van der Waals surface area contributed by atoms with E-state index in [2.05, 4.69) is 20.3 Å². The van der Waals surface area contributed by atoms with Crippen molar-refractivity contribution in [2.75, 3.05) is 40.0 Å². The van der Waals surface area contributed by atoms with Crippen molar-refractivity contribution in [3.63, 3.8) is 0 Å². The van der Waals surface area contributed by atoms with Crippen LogP contribution in [-0.2, 0) is 14.3 Å². The molecule has 35 heavy (non-hydrogen) atoms. The molecule has 3 amide bonds. The molecule has 0 bridgehead atoms. The number of nitrogens with one attached hydrogen (secondary N) is 1. The number of hydrogen-bond acceptors (Lipinski definition) is 8. The lowest BCUT2D eigenvalue weighted by molar-refractivity contribution is -0.158. The third-order valence-electron chi connectivity index (χ3n) is 5.95. The van der Waals surface area contributed by atoms with Crippen molar-refractivity contribution in [2.24, 2.45) is 0 Å². The number of aromatic nitrogens is 3. The summed E-state index contributed by atoms with van der Waals surface area (Å²) in [6.07, 6.45) is 2.55. The highest BCUT2D eigenvalue weighted by atomic mass is 35.5. The first-order valence-corrected chi connectivity index (χ1v) is 11.8. The minimum atomic E-state index is -0.483. The van der Waals surface area contributed by atoms with E-state index in [1.165, 1.54) is 19.4 Å². The fraction of sp³-hybridized carbons (Fsp3) is 0.478. The molecule has 0 saturated carbocycles. The molecule has 2 saturated heterocycles. The number of rotatable bonds is 6. The predicted molar refractivity (Wildman–Crippen MR) is 126 cm³/mol. The maximum atomic E-state index is 12.8. The van der Waals surface area contributed by atoms with Gasteiger partial charge >= 0.3 is 6.09 Å². The second-order valence-corrected chi connectivity index (χ2v) is 8.72. The number of halogens is 1. The van der Waals surface area contributed by atoms with Crippen LogP contribution in [0.25, 0.3) is 11.4 Å². The lowest BCUT2D eigenvalue weighted by atomic mass is 9.97. The normalized spacial score (nSPS) is 19.8. The molecule has 2 aromatic rings. The van der Waals surface area contributed by atoms with Crippen LogP contribution in [0.1, 0.15) is 41.9 Å². The molecule has 2 aliphatic heterocycles. The molecule has 0 spiro atoms. The second-order valence-electron chi connectivity index (χ2n) is 8.33. The van der Waals surface area contributed by atoms with Gasteiger partial charge in [-0.1, -0.05) is 24.9 Å². The van der Waals surface area contributed by atoms with Gasteiger partial charge in [-0.2, -0.15) is 0 Å². The van der Waals surface area contributed by atoms with Crippen molar-refractivity contribution in [3.8, 4) is 11.4 Å². The number of ether oxygens (including phenoxy) is 2. The Bertz CT molecular complexity index is 1120. The molecule has 1 N–H and O–H groups in total. The van der Waals surface area contributed by atoms with Gasteiger partial charge in [0, 0.05) is 20.1 Å². The quantitative estimate of drug-likeness (QED) is 0.470. The number of carbonyl (C=O) groups excluding carboxylic acids is 3. The zero-order chi connectivity index (χ0) is 24.9. The van der Waals surface area contributed by atoms with Gasteiger partial charge in [0.1, 0.15) is 23.8 Å². The van der Waals surface area contributed by atoms with Crippen LogP contribution in [0.2, 0.25) is 5.15 Å². The Morgan fingerprint density at radius 1 is 1.23 bits per heavy atom. The SMILES string of the molecule is CCCCOC(=O)N1CC2COCC(=O)N2C(c2cc(Cl)nc(-c3cc(C(=O)NC)ncn3)c2)C1. The van der Waals surface area contributed by atoms with E-state index < -0.39 is 12.1 Å². The van der Waals surface area contributed by atoms with Crippen molar-refractivity contribution in [1.29, 1.82) is 0 Å². The first kappa shape index (κ1) is 24.8. The van der Waals surface area contributed by atoms with Crippen LogP contribution in [-0.4, -0.2) is 88.7 Å². The van der Waals surface area contributed by atoms with Crippen LogP contribution in [0.5, 0.6) is 0 Å². The summed E-state index contributed by atoms with van der Waals surface area (Å²) in [5, 5.41) is 2.72. The van der Waals surface area contributed by atoms with Crippen molar-refractivity contribution >= 4 is 29.5 Å². The van der Waals surface area contributed by atoms with Gasteiger partial charge in [-0.3, -0.25) is 9.59 Å². The smallest absolute Gasteiger partial charge is 0.409 e. The van der Waals surface area contributed by atoms with Gasteiger partial charge in [-0.15, -0.1) is 0 Å². The maximum absolute atomic E-state index is 12.8. The van der Waals surface area contributed by atoms with E-state index in [4.69, 9.17) is 21.1 Å². The van der Waals surface area contributed by atoms with Crippen molar-refractivity contribution in [3.05, 3.63) is 40.9 Å². The van der Waals surface area contributed by atoms with Crippen LogP contribution in [0, 0.1) is 0 Å². The average Bonchev–Trinajstić information content (AvgIpc) is 2.87. The number of unbranched alkanes of at least 4 members (excludes halogenated alkanes) is 1. The summed E-state index contributed by atoms with van der Waals surface area (Å²) < 4.78 is 10.9.